The van der Waals surface area contributed by atoms with E-state index in [0.717, 1.165) is 51.0 Å². The number of carbonyl (C=O) groups excluding carboxylic acids is 1. The van der Waals surface area contributed by atoms with Crippen LogP contribution < -0.4 is 15.8 Å². The van der Waals surface area contributed by atoms with E-state index in [2.05, 4.69) is 23.5 Å². The maximum Gasteiger partial charge on any atom is 0.407 e. The van der Waals surface area contributed by atoms with Gasteiger partial charge in [0.1, 0.15) is 29.3 Å². The van der Waals surface area contributed by atoms with Crippen LogP contribution in [0, 0.1) is 0 Å². The van der Waals surface area contributed by atoms with Gasteiger partial charge in [-0.05, 0) is 86.7 Å². The summed E-state index contributed by atoms with van der Waals surface area (Å²) in [4.78, 5) is 12.1. The van der Waals surface area contributed by atoms with Gasteiger partial charge in [-0.3, -0.25) is 0 Å². The first-order chi connectivity index (χ1) is 18.8. The van der Waals surface area contributed by atoms with E-state index in [9.17, 15) is 4.79 Å². The lowest BCUT2D eigenvalue weighted by Gasteiger charge is -2.19. The molecule has 0 aliphatic heterocycles. The molecule has 1 heterocycles. The molecule has 0 aliphatic carbocycles. The van der Waals surface area contributed by atoms with Crippen molar-refractivity contribution in [2.24, 2.45) is 5.73 Å². The van der Waals surface area contributed by atoms with Crippen molar-refractivity contribution < 1.29 is 23.4 Å². The Kier molecular flexibility index (Phi) is 9.28. The van der Waals surface area contributed by atoms with Gasteiger partial charge in [0.2, 0.25) is 0 Å². The van der Waals surface area contributed by atoms with Crippen LogP contribution in [0.15, 0.2) is 71.1 Å². The quantitative estimate of drug-likeness (QED) is 0.209. The number of furan rings is 1. The van der Waals surface area contributed by atoms with Crippen molar-refractivity contribution in [2.45, 2.75) is 59.4 Å². The molecule has 7 heteroatoms. The molecule has 1 amide bonds. The Bertz CT molecular complexity index is 1400. The number of ether oxygens (including phenoxy) is 3. The van der Waals surface area contributed by atoms with Crippen LogP contribution in [-0.2, 0) is 35.6 Å². The Morgan fingerprint density at radius 1 is 1.00 bits per heavy atom. The number of nitrogens with two attached hydrogens (primary N) is 1. The van der Waals surface area contributed by atoms with Crippen LogP contribution in [0.2, 0.25) is 0 Å². The average molecular weight is 531 g/mol. The number of hydrogen-bond donors (Lipinski definition) is 2. The molecule has 0 aliphatic rings. The number of amides is 1. The van der Waals surface area contributed by atoms with Gasteiger partial charge < -0.3 is 29.7 Å². The predicted octanol–water partition coefficient (Wildman–Crippen LogP) is 6.74. The molecule has 206 valence electrons. The highest BCUT2D eigenvalue weighted by molar-refractivity contribution is 5.93. The Morgan fingerprint density at radius 3 is 2.59 bits per heavy atom. The molecule has 0 atom stereocenters. The van der Waals surface area contributed by atoms with Gasteiger partial charge in [-0.2, -0.15) is 0 Å². The number of alkyl carbamates (subject to hydrolysis) is 1. The van der Waals surface area contributed by atoms with Crippen molar-refractivity contribution >= 4 is 17.1 Å². The summed E-state index contributed by atoms with van der Waals surface area (Å²) in [6, 6.07) is 22.2. The summed E-state index contributed by atoms with van der Waals surface area (Å²) in [6.45, 7) is 9.93. The van der Waals surface area contributed by atoms with Crippen molar-refractivity contribution in [1.29, 1.82) is 0 Å². The van der Waals surface area contributed by atoms with Gasteiger partial charge in [-0.25, -0.2) is 4.79 Å². The maximum atomic E-state index is 12.1. The minimum absolute atomic E-state index is 0.313. The lowest BCUT2D eigenvalue weighted by atomic mass is 9.99. The van der Waals surface area contributed by atoms with E-state index in [-0.39, 0.29) is 0 Å². The highest BCUT2D eigenvalue weighted by Crippen LogP contribution is 2.34. The molecule has 3 N–H and O–H groups in total. The van der Waals surface area contributed by atoms with Crippen molar-refractivity contribution in [3.8, 4) is 16.9 Å². The third-order valence-electron chi connectivity index (χ3n) is 6.09. The average Bonchev–Trinajstić information content (AvgIpc) is 3.34. The van der Waals surface area contributed by atoms with Crippen LogP contribution in [-0.4, -0.2) is 24.9 Å². The summed E-state index contributed by atoms with van der Waals surface area (Å²) in [5, 5.41) is 3.79. The molecule has 0 spiro atoms. The Hall–Kier alpha value is -3.81. The standard InChI is InChI=1S/C32H38N2O5/c1-5-36-14-13-24-10-6-7-12-29(24)37-21-23-16-26-18-27(19-33)38-30(26)28(17-23)25-11-8-9-22(15-25)20-34-31(35)39-32(2,3)4/h6-12,15-18H,5,13-14,19-21,33H2,1-4H3,(H,34,35). The third-order valence-corrected chi connectivity index (χ3v) is 6.09. The van der Waals surface area contributed by atoms with Crippen molar-refractivity contribution in [3.05, 3.63) is 89.2 Å². The minimum atomic E-state index is -0.552. The van der Waals surface area contributed by atoms with Gasteiger partial charge in [-0.15, -0.1) is 0 Å². The smallest absolute Gasteiger partial charge is 0.407 e. The third kappa shape index (κ3) is 7.85. The van der Waals surface area contributed by atoms with Crippen LogP contribution >= 0.6 is 0 Å². The molecule has 0 unspecified atom stereocenters. The fourth-order valence-electron chi connectivity index (χ4n) is 4.34. The topological polar surface area (TPSA) is 96.0 Å². The molecule has 0 radical (unpaired) electrons. The lowest BCUT2D eigenvalue weighted by Crippen LogP contribution is -2.32. The fourth-order valence-corrected chi connectivity index (χ4v) is 4.34. The van der Waals surface area contributed by atoms with Gasteiger partial charge in [0.05, 0.1) is 13.2 Å². The number of rotatable bonds is 11. The second-order valence-corrected chi connectivity index (χ2v) is 10.4. The molecular formula is C32H38N2O5. The van der Waals surface area contributed by atoms with E-state index in [1.54, 1.807) is 0 Å². The summed E-state index contributed by atoms with van der Waals surface area (Å²) in [6.07, 6.45) is 0.342. The number of carbonyl (C=O) groups is 1. The molecule has 39 heavy (non-hydrogen) atoms. The number of benzene rings is 3. The van der Waals surface area contributed by atoms with E-state index in [0.29, 0.717) is 38.7 Å². The van der Waals surface area contributed by atoms with Crippen LogP contribution in [0.25, 0.3) is 22.1 Å². The van der Waals surface area contributed by atoms with E-state index in [1.807, 2.05) is 76.2 Å². The first kappa shape index (κ1) is 28.2. The van der Waals surface area contributed by atoms with Gasteiger partial charge in [0.15, 0.2) is 0 Å². The lowest BCUT2D eigenvalue weighted by molar-refractivity contribution is 0.0523. The fraction of sp³-hybridized carbons (Fsp3) is 0.344. The molecule has 3 aromatic carbocycles. The van der Waals surface area contributed by atoms with Crippen LogP contribution in [0.5, 0.6) is 5.75 Å². The second kappa shape index (κ2) is 12.8. The minimum Gasteiger partial charge on any atom is -0.489 e. The van der Waals surface area contributed by atoms with E-state index >= 15 is 0 Å². The molecule has 0 saturated carbocycles. The van der Waals surface area contributed by atoms with E-state index < -0.39 is 11.7 Å². The number of para-hydroxylation sites is 1. The molecule has 1 aromatic heterocycles. The molecule has 0 saturated heterocycles. The highest BCUT2D eigenvalue weighted by atomic mass is 16.6. The van der Waals surface area contributed by atoms with Crippen molar-refractivity contribution in [1.82, 2.24) is 5.32 Å². The molecule has 4 aromatic rings. The highest BCUT2D eigenvalue weighted by Gasteiger charge is 2.17. The van der Waals surface area contributed by atoms with Gasteiger partial charge in [0.25, 0.3) is 0 Å². The first-order valence-corrected chi connectivity index (χ1v) is 13.4. The summed E-state index contributed by atoms with van der Waals surface area (Å²) >= 11 is 0. The summed E-state index contributed by atoms with van der Waals surface area (Å²) in [7, 11) is 0. The van der Waals surface area contributed by atoms with Gasteiger partial charge >= 0.3 is 6.09 Å². The zero-order valence-electron chi connectivity index (χ0n) is 23.2. The maximum absolute atomic E-state index is 12.1. The van der Waals surface area contributed by atoms with Crippen LogP contribution in [0.3, 0.4) is 0 Å². The monoisotopic (exact) mass is 530 g/mol. The second-order valence-electron chi connectivity index (χ2n) is 10.4. The van der Waals surface area contributed by atoms with Crippen molar-refractivity contribution in [3.63, 3.8) is 0 Å². The summed E-state index contributed by atoms with van der Waals surface area (Å²) in [5.41, 5.74) is 11.1. The number of nitrogens with one attached hydrogen (secondary N) is 1. The van der Waals surface area contributed by atoms with Gasteiger partial charge in [0, 0.05) is 24.1 Å². The molecule has 7 nitrogen and oxygen atoms in total. The number of hydrogen-bond acceptors (Lipinski definition) is 6. The molecule has 0 fully saturated rings. The summed E-state index contributed by atoms with van der Waals surface area (Å²) in [5.74, 6) is 1.57. The van der Waals surface area contributed by atoms with Crippen LogP contribution in [0.1, 0.15) is 50.1 Å². The summed E-state index contributed by atoms with van der Waals surface area (Å²) < 4.78 is 23.3. The molecular weight excluding hydrogens is 492 g/mol. The largest absolute Gasteiger partial charge is 0.489 e. The predicted molar refractivity (Wildman–Crippen MR) is 154 cm³/mol. The van der Waals surface area contributed by atoms with Crippen LogP contribution in [0.4, 0.5) is 4.79 Å². The molecule has 4 rings (SSSR count). The van der Waals surface area contributed by atoms with Crippen molar-refractivity contribution in [2.75, 3.05) is 13.2 Å². The normalized spacial score (nSPS) is 11.5. The van der Waals surface area contributed by atoms with E-state index in [4.69, 9.17) is 24.4 Å². The Morgan fingerprint density at radius 2 is 1.82 bits per heavy atom. The first-order valence-electron chi connectivity index (χ1n) is 13.4. The SMILES string of the molecule is CCOCCc1ccccc1OCc1cc(-c2cccc(CNC(=O)OC(C)(C)C)c2)c2oc(CN)cc2c1. The van der Waals surface area contributed by atoms with E-state index in [1.165, 1.54) is 0 Å². The molecule has 0 bridgehead atoms. The Labute approximate surface area is 230 Å². The zero-order valence-corrected chi connectivity index (χ0v) is 23.2. The van der Waals surface area contributed by atoms with Gasteiger partial charge in [-0.1, -0.05) is 36.4 Å². The number of fused-ring (bicyclic) bond motifs is 1. The zero-order chi connectivity index (χ0) is 27.8. The Balaban J connectivity index is 1.58.